The number of benzene rings is 1. The topological polar surface area (TPSA) is 38.9 Å². The molecule has 5 heteroatoms. The second-order valence-corrected chi connectivity index (χ2v) is 4.42. The number of pyridine rings is 1. The number of rotatable bonds is 1. The first-order valence-electron chi connectivity index (χ1n) is 4.45. The Labute approximate surface area is 108 Å². The maximum Gasteiger partial charge on any atom is 0.124 e. The Bertz CT molecular complexity index is 541. The van der Waals surface area contributed by atoms with Gasteiger partial charge in [0.25, 0.3) is 0 Å². The second-order valence-electron chi connectivity index (χ2n) is 3.19. The van der Waals surface area contributed by atoms with Gasteiger partial charge in [-0.15, -0.1) is 0 Å². The van der Waals surface area contributed by atoms with Crippen molar-refractivity contribution in [2.24, 2.45) is 0 Å². The predicted molar refractivity (Wildman–Crippen MR) is 69.1 cm³/mol. The summed E-state index contributed by atoms with van der Waals surface area (Å²) < 4.78 is 0. The first-order valence-corrected chi connectivity index (χ1v) is 5.59. The minimum absolute atomic E-state index is 0.416. The van der Waals surface area contributed by atoms with Crippen LogP contribution in [0.5, 0.6) is 0 Å². The van der Waals surface area contributed by atoms with Crippen LogP contribution in [-0.2, 0) is 0 Å². The van der Waals surface area contributed by atoms with Crippen LogP contribution in [0.15, 0.2) is 30.3 Å². The average molecular weight is 274 g/mol. The lowest BCUT2D eigenvalue weighted by Gasteiger charge is -2.06. The molecule has 0 atom stereocenters. The summed E-state index contributed by atoms with van der Waals surface area (Å²) in [6, 6.07) is 8.58. The van der Waals surface area contributed by atoms with Crippen molar-refractivity contribution >= 4 is 40.6 Å². The van der Waals surface area contributed by atoms with Gasteiger partial charge in [0, 0.05) is 5.56 Å². The van der Waals surface area contributed by atoms with Gasteiger partial charge in [0.05, 0.1) is 20.8 Å². The molecule has 0 aliphatic carbocycles. The molecule has 2 N–H and O–H groups in total. The van der Waals surface area contributed by atoms with E-state index in [1.54, 1.807) is 24.3 Å². The molecule has 1 aromatic heterocycles. The Kier molecular flexibility index (Phi) is 3.24. The molecule has 0 aliphatic rings. The third-order valence-corrected chi connectivity index (χ3v) is 3.09. The molecular formula is C11H7Cl3N2. The third-order valence-electron chi connectivity index (χ3n) is 2.06. The summed E-state index contributed by atoms with van der Waals surface area (Å²) in [4.78, 5) is 4.17. The van der Waals surface area contributed by atoms with Crippen molar-refractivity contribution in [3.8, 4) is 11.3 Å². The first kappa shape index (κ1) is 11.5. The van der Waals surface area contributed by atoms with Crippen molar-refractivity contribution < 1.29 is 0 Å². The molecule has 0 spiro atoms. The normalized spacial score (nSPS) is 10.4. The van der Waals surface area contributed by atoms with Crippen molar-refractivity contribution in [3.05, 3.63) is 45.4 Å². The average Bonchev–Trinajstić information content (AvgIpc) is 2.23. The highest BCUT2D eigenvalue weighted by molar-refractivity contribution is 6.44. The zero-order valence-electron chi connectivity index (χ0n) is 8.05. The number of halogens is 3. The number of nitrogens with zero attached hydrogens (tertiary/aromatic N) is 1. The maximum absolute atomic E-state index is 6.06. The summed E-state index contributed by atoms with van der Waals surface area (Å²) in [5.41, 5.74) is 6.98. The summed E-state index contributed by atoms with van der Waals surface area (Å²) >= 11 is 17.8. The Morgan fingerprint density at radius 3 is 2.31 bits per heavy atom. The molecule has 0 saturated heterocycles. The predicted octanol–water partition coefficient (Wildman–Crippen LogP) is 4.29. The molecule has 2 rings (SSSR count). The fraction of sp³-hybridized carbons (Fsp3) is 0. The van der Waals surface area contributed by atoms with Gasteiger partial charge in [0.1, 0.15) is 5.82 Å². The molecule has 0 bridgehead atoms. The highest BCUT2D eigenvalue weighted by Gasteiger charge is 2.09. The highest BCUT2D eigenvalue weighted by atomic mass is 35.5. The van der Waals surface area contributed by atoms with Crippen molar-refractivity contribution in [1.82, 2.24) is 4.98 Å². The van der Waals surface area contributed by atoms with E-state index in [-0.39, 0.29) is 0 Å². The van der Waals surface area contributed by atoms with Crippen LogP contribution >= 0.6 is 34.8 Å². The van der Waals surface area contributed by atoms with E-state index in [0.29, 0.717) is 32.1 Å². The molecule has 2 nitrogen and oxygen atoms in total. The van der Waals surface area contributed by atoms with E-state index in [0.717, 1.165) is 0 Å². The molecule has 0 saturated carbocycles. The van der Waals surface area contributed by atoms with E-state index >= 15 is 0 Å². The van der Waals surface area contributed by atoms with Crippen LogP contribution in [0.3, 0.4) is 0 Å². The Morgan fingerprint density at radius 2 is 1.62 bits per heavy atom. The van der Waals surface area contributed by atoms with Crippen LogP contribution in [-0.4, -0.2) is 4.98 Å². The minimum atomic E-state index is 0.416. The second kappa shape index (κ2) is 4.50. The van der Waals surface area contributed by atoms with Gasteiger partial charge in [-0.25, -0.2) is 4.98 Å². The largest absolute Gasteiger partial charge is 0.384 e. The molecule has 1 heterocycles. The van der Waals surface area contributed by atoms with E-state index in [1.165, 1.54) is 0 Å². The Hall–Kier alpha value is -0.960. The molecule has 1 aromatic carbocycles. The van der Waals surface area contributed by atoms with Gasteiger partial charge in [0.15, 0.2) is 0 Å². The molecule has 0 aliphatic heterocycles. The van der Waals surface area contributed by atoms with Crippen LogP contribution < -0.4 is 5.73 Å². The van der Waals surface area contributed by atoms with Crippen molar-refractivity contribution in [3.63, 3.8) is 0 Å². The number of nitrogen functional groups attached to an aromatic ring is 1. The lowest BCUT2D eigenvalue weighted by molar-refractivity contribution is 1.33. The number of hydrogen-bond donors (Lipinski definition) is 1. The zero-order valence-corrected chi connectivity index (χ0v) is 10.3. The summed E-state index contributed by atoms with van der Waals surface area (Å²) in [5.74, 6) is 0.430. The zero-order chi connectivity index (χ0) is 11.7. The molecular weight excluding hydrogens is 266 g/mol. The van der Waals surface area contributed by atoms with Gasteiger partial charge in [-0.3, -0.25) is 0 Å². The van der Waals surface area contributed by atoms with Crippen LogP contribution in [0.25, 0.3) is 11.3 Å². The molecule has 16 heavy (non-hydrogen) atoms. The number of anilines is 1. The van der Waals surface area contributed by atoms with E-state index in [2.05, 4.69) is 4.98 Å². The summed E-state index contributed by atoms with van der Waals surface area (Å²) in [5, 5.41) is 1.34. The summed E-state index contributed by atoms with van der Waals surface area (Å²) in [7, 11) is 0. The summed E-state index contributed by atoms with van der Waals surface area (Å²) in [6.45, 7) is 0. The number of hydrogen-bond acceptors (Lipinski definition) is 2. The summed E-state index contributed by atoms with van der Waals surface area (Å²) in [6.07, 6.45) is 0. The van der Waals surface area contributed by atoms with Crippen molar-refractivity contribution in [1.29, 1.82) is 0 Å². The quantitative estimate of drug-likeness (QED) is 0.787. The van der Waals surface area contributed by atoms with Gasteiger partial charge in [-0.2, -0.15) is 0 Å². The molecule has 2 aromatic rings. The van der Waals surface area contributed by atoms with Crippen molar-refractivity contribution in [2.75, 3.05) is 5.73 Å². The fourth-order valence-electron chi connectivity index (χ4n) is 1.32. The molecule has 0 amide bonds. The third kappa shape index (κ3) is 2.24. The van der Waals surface area contributed by atoms with E-state index in [9.17, 15) is 0 Å². The van der Waals surface area contributed by atoms with E-state index < -0.39 is 0 Å². The molecule has 82 valence electrons. The molecule has 0 radical (unpaired) electrons. The number of nitrogens with two attached hydrogens (primary N) is 1. The monoisotopic (exact) mass is 272 g/mol. The van der Waals surface area contributed by atoms with Gasteiger partial charge < -0.3 is 5.73 Å². The molecule has 0 fully saturated rings. The smallest absolute Gasteiger partial charge is 0.124 e. The SMILES string of the molecule is Nc1cccc(-c2cc(Cl)c(Cl)cc2Cl)n1. The Balaban J connectivity index is 2.60. The standard InChI is InChI=1S/C11H7Cl3N2/c12-7-5-9(14)8(13)4-6(7)10-2-1-3-11(15)16-10/h1-5H,(H2,15,16). The number of aromatic nitrogens is 1. The van der Waals surface area contributed by atoms with Gasteiger partial charge >= 0.3 is 0 Å². The van der Waals surface area contributed by atoms with E-state index in [4.69, 9.17) is 40.5 Å². The fourth-order valence-corrected chi connectivity index (χ4v) is 1.96. The van der Waals surface area contributed by atoms with Gasteiger partial charge in [0.2, 0.25) is 0 Å². The van der Waals surface area contributed by atoms with Gasteiger partial charge in [-0.05, 0) is 24.3 Å². The van der Waals surface area contributed by atoms with Crippen LogP contribution in [0.4, 0.5) is 5.82 Å². The van der Waals surface area contributed by atoms with E-state index in [1.807, 2.05) is 6.07 Å². The van der Waals surface area contributed by atoms with Crippen LogP contribution in [0.1, 0.15) is 0 Å². The van der Waals surface area contributed by atoms with Crippen LogP contribution in [0, 0.1) is 0 Å². The van der Waals surface area contributed by atoms with Crippen molar-refractivity contribution in [2.45, 2.75) is 0 Å². The highest BCUT2D eigenvalue weighted by Crippen LogP contribution is 2.34. The molecule has 0 unspecified atom stereocenters. The lowest BCUT2D eigenvalue weighted by atomic mass is 10.1. The lowest BCUT2D eigenvalue weighted by Crippen LogP contribution is -1.92. The van der Waals surface area contributed by atoms with Gasteiger partial charge in [-0.1, -0.05) is 40.9 Å². The maximum atomic E-state index is 6.06. The first-order chi connectivity index (χ1) is 7.58. The van der Waals surface area contributed by atoms with Crippen LogP contribution in [0.2, 0.25) is 15.1 Å². The Morgan fingerprint density at radius 1 is 0.938 bits per heavy atom. The minimum Gasteiger partial charge on any atom is -0.384 e.